The van der Waals surface area contributed by atoms with E-state index in [1.165, 1.54) is 0 Å². The van der Waals surface area contributed by atoms with Gasteiger partial charge in [0.05, 0.1) is 18.6 Å². The highest BCUT2D eigenvalue weighted by Gasteiger charge is 2.28. The van der Waals surface area contributed by atoms with Crippen LogP contribution >= 0.6 is 0 Å². The van der Waals surface area contributed by atoms with Gasteiger partial charge in [0.15, 0.2) is 9.84 Å². The van der Waals surface area contributed by atoms with Crippen LogP contribution in [-0.4, -0.2) is 45.5 Å². The summed E-state index contributed by atoms with van der Waals surface area (Å²) in [6.45, 7) is 1.15. The van der Waals surface area contributed by atoms with Crippen molar-refractivity contribution in [1.29, 1.82) is 0 Å². The topological polar surface area (TPSA) is 84.5 Å². The number of carbonyl (C=O) groups is 1. The Kier molecular flexibility index (Phi) is 5.79. The molecule has 22 heavy (non-hydrogen) atoms. The van der Waals surface area contributed by atoms with Gasteiger partial charge >= 0.3 is 0 Å². The Balaban J connectivity index is 1.67. The third-order valence-electron chi connectivity index (χ3n) is 3.63. The molecule has 1 saturated heterocycles. The Hall–Kier alpha value is -1.60. The highest BCUT2D eigenvalue weighted by atomic mass is 32.2. The van der Waals surface area contributed by atoms with Crippen molar-refractivity contribution in [2.75, 3.05) is 25.2 Å². The second-order valence-electron chi connectivity index (χ2n) is 5.41. The van der Waals surface area contributed by atoms with Crippen molar-refractivity contribution < 1.29 is 17.9 Å². The van der Waals surface area contributed by atoms with Gasteiger partial charge in [-0.15, -0.1) is 0 Å². The van der Waals surface area contributed by atoms with Crippen LogP contribution in [0, 0.1) is 0 Å². The third kappa shape index (κ3) is 4.99. The standard InChI is InChI=1S/C15H22N2O4S/c1-21-14-5-3-2-4-12(14)10-16-8-6-15(18)17-13-7-9-22(19,20)11-13/h2-5,13,16H,6-11H2,1H3,(H,17,18). The number of ether oxygens (including phenoxy) is 1. The Morgan fingerprint density at radius 3 is 2.82 bits per heavy atom. The first-order valence-corrected chi connectivity index (χ1v) is 9.15. The van der Waals surface area contributed by atoms with Crippen LogP contribution in [0.25, 0.3) is 0 Å². The predicted octanol–water partition coefficient (Wildman–Crippen LogP) is 0.478. The van der Waals surface area contributed by atoms with Gasteiger partial charge in [-0.3, -0.25) is 4.79 Å². The van der Waals surface area contributed by atoms with E-state index < -0.39 is 9.84 Å². The summed E-state index contributed by atoms with van der Waals surface area (Å²) in [5.74, 6) is 0.933. The summed E-state index contributed by atoms with van der Waals surface area (Å²) >= 11 is 0. The number of sulfone groups is 1. The fraction of sp³-hybridized carbons (Fsp3) is 0.533. The molecule has 1 aromatic carbocycles. The van der Waals surface area contributed by atoms with E-state index in [9.17, 15) is 13.2 Å². The Morgan fingerprint density at radius 2 is 2.14 bits per heavy atom. The molecule has 0 radical (unpaired) electrons. The molecule has 0 aromatic heterocycles. The van der Waals surface area contributed by atoms with Gasteiger partial charge in [-0.25, -0.2) is 8.42 Å². The maximum Gasteiger partial charge on any atom is 0.221 e. The first kappa shape index (κ1) is 16.8. The second kappa shape index (κ2) is 7.60. The molecule has 1 amide bonds. The van der Waals surface area contributed by atoms with E-state index in [2.05, 4.69) is 10.6 Å². The van der Waals surface area contributed by atoms with Crippen LogP contribution in [0.3, 0.4) is 0 Å². The smallest absolute Gasteiger partial charge is 0.221 e. The minimum absolute atomic E-state index is 0.0629. The molecule has 0 bridgehead atoms. The van der Waals surface area contributed by atoms with Crippen LogP contribution in [0.15, 0.2) is 24.3 Å². The Morgan fingerprint density at radius 1 is 1.36 bits per heavy atom. The van der Waals surface area contributed by atoms with Crippen LogP contribution in [0.1, 0.15) is 18.4 Å². The monoisotopic (exact) mass is 326 g/mol. The van der Waals surface area contributed by atoms with E-state index in [4.69, 9.17) is 4.74 Å². The van der Waals surface area contributed by atoms with Crippen LogP contribution in [0.2, 0.25) is 0 Å². The predicted molar refractivity (Wildman–Crippen MR) is 84.5 cm³/mol. The van der Waals surface area contributed by atoms with Crippen molar-refractivity contribution in [1.82, 2.24) is 10.6 Å². The zero-order valence-corrected chi connectivity index (χ0v) is 13.5. The first-order valence-electron chi connectivity index (χ1n) is 7.32. The normalized spacial score (nSPS) is 19.8. The van der Waals surface area contributed by atoms with E-state index in [0.29, 0.717) is 25.9 Å². The number of nitrogens with one attached hydrogen (secondary N) is 2. The van der Waals surface area contributed by atoms with E-state index in [1.807, 2.05) is 24.3 Å². The van der Waals surface area contributed by atoms with Crippen LogP contribution in [0.4, 0.5) is 0 Å². The molecule has 0 saturated carbocycles. The minimum Gasteiger partial charge on any atom is -0.496 e. The Bertz CT molecular complexity index is 616. The van der Waals surface area contributed by atoms with Crippen LogP contribution < -0.4 is 15.4 Å². The molecule has 2 rings (SSSR count). The minimum atomic E-state index is -2.95. The van der Waals surface area contributed by atoms with Crippen LogP contribution in [-0.2, 0) is 21.2 Å². The summed E-state index contributed by atoms with van der Waals surface area (Å²) in [6, 6.07) is 7.48. The lowest BCUT2D eigenvalue weighted by atomic mass is 10.2. The molecule has 1 aromatic rings. The number of rotatable bonds is 7. The van der Waals surface area contributed by atoms with Crippen LogP contribution in [0.5, 0.6) is 5.75 Å². The molecule has 6 nitrogen and oxygen atoms in total. The summed E-state index contributed by atoms with van der Waals surface area (Å²) in [5.41, 5.74) is 1.03. The van der Waals surface area contributed by atoms with Crippen molar-refractivity contribution in [2.45, 2.75) is 25.4 Å². The number of para-hydroxylation sites is 1. The van der Waals surface area contributed by atoms with Gasteiger partial charge in [0.1, 0.15) is 5.75 Å². The molecule has 122 valence electrons. The average Bonchev–Trinajstić information content (AvgIpc) is 2.83. The molecule has 1 unspecified atom stereocenters. The number of hydrogen-bond donors (Lipinski definition) is 2. The lowest BCUT2D eigenvalue weighted by Gasteiger charge is -2.12. The van der Waals surface area contributed by atoms with Crippen molar-refractivity contribution >= 4 is 15.7 Å². The molecule has 7 heteroatoms. The average molecular weight is 326 g/mol. The molecule has 1 aliphatic rings. The van der Waals surface area contributed by atoms with Gasteiger partial charge in [-0.05, 0) is 12.5 Å². The zero-order chi connectivity index (χ0) is 16.0. The molecule has 1 aliphatic heterocycles. The highest BCUT2D eigenvalue weighted by Crippen LogP contribution is 2.16. The van der Waals surface area contributed by atoms with Gasteiger partial charge in [-0.2, -0.15) is 0 Å². The maximum atomic E-state index is 11.8. The number of benzene rings is 1. The molecule has 0 aliphatic carbocycles. The van der Waals surface area contributed by atoms with Crippen molar-refractivity contribution in [2.24, 2.45) is 0 Å². The van der Waals surface area contributed by atoms with Crippen molar-refractivity contribution in [3.63, 3.8) is 0 Å². The van der Waals surface area contributed by atoms with E-state index in [1.54, 1.807) is 7.11 Å². The molecule has 1 atom stereocenters. The number of amides is 1. The quantitative estimate of drug-likeness (QED) is 0.712. The molecular formula is C15H22N2O4S. The van der Waals surface area contributed by atoms with Gasteiger partial charge < -0.3 is 15.4 Å². The zero-order valence-electron chi connectivity index (χ0n) is 12.7. The summed E-state index contributed by atoms with van der Waals surface area (Å²) in [5, 5.41) is 5.96. The third-order valence-corrected chi connectivity index (χ3v) is 5.40. The highest BCUT2D eigenvalue weighted by molar-refractivity contribution is 7.91. The molecule has 2 N–H and O–H groups in total. The molecule has 1 heterocycles. The molecular weight excluding hydrogens is 304 g/mol. The van der Waals surface area contributed by atoms with Gasteiger partial charge in [0.2, 0.25) is 5.91 Å². The second-order valence-corrected chi connectivity index (χ2v) is 7.63. The van der Waals surface area contributed by atoms with Crippen molar-refractivity contribution in [3.05, 3.63) is 29.8 Å². The van der Waals surface area contributed by atoms with Gasteiger partial charge in [0.25, 0.3) is 0 Å². The Labute approximate surface area is 131 Å². The number of methoxy groups -OCH3 is 1. The van der Waals surface area contributed by atoms with E-state index in [-0.39, 0.29) is 23.5 Å². The number of carbonyl (C=O) groups excluding carboxylic acids is 1. The van der Waals surface area contributed by atoms with E-state index in [0.717, 1.165) is 11.3 Å². The summed E-state index contributed by atoms with van der Waals surface area (Å²) in [6.07, 6.45) is 0.842. The van der Waals surface area contributed by atoms with Crippen molar-refractivity contribution in [3.8, 4) is 5.75 Å². The molecule has 1 fully saturated rings. The fourth-order valence-electron chi connectivity index (χ4n) is 2.48. The SMILES string of the molecule is COc1ccccc1CNCCC(=O)NC1CCS(=O)(=O)C1. The van der Waals surface area contributed by atoms with E-state index >= 15 is 0 Å². The van der Waals surface area contributed by atoms with Gasteiger partial charge in [-0.1, -0.05) is 18.2 Å². The molecule has 0 spiro atoms. The lowest BCUT2D eigenvalue weighted by Crippen LogP contribution is -2.37. The maximum absolute atomic E-state index is 11.8. The summed E-state index contributed by atoms with van der Waals surface area (Å²) < 4.78 is 27.9. The summed E-state index contributed by atoms with van der Waals surface area (Å²) in [4.78, 5) is 11.8. The first-order chi connectivity index (χ1) is 10.5. The summed E-state index contributed by atoms with van der Waals surface area (Å²) in [7, 11) is -1.33. The number of hydrogen-bond acceptors (Lipinski definition) is 5. The largest absolute Gasteiger partial charge is 0.496 e. The fourth-order valence-corrected chi connectivity index (χ4v) is 4.16. The lowest BCUT2D eigenvalue weighted by molar-refractivity contribution is -0.121. The van der Waals surface area contributed by atoms with Gasteiger partial charge in [0, 0.05) is 31.1 Å².